The first-order valence-electron chi connectivity index (χ1n) is 11.6. The van der Waals surface area contributed by atoms with Gasteiger partial charge in [0.25, 0.3) is 0 Å². The van der Waals surface area contributed by atoms with Gasteiger partial charge in [-0.05, 0) is 52.2 Å². The normalized spacial score (nSPS) is 15.2. The van der Waals surface area contributed by atoms with Gasteiger partial charge in [0.15, 0.2) is 11.3 Å². The van der Waals surface area contributed by atoms with Crippen LogP contribution in [-0.4, -0.2) is 63.4 Å². The van der Waals surface area contributed by atoms with Crippen LogP contribution in [0.4, 0.5) is 16.4 Å². The summed E-state index contributed by atoms with van der Waals surface area (Å²) >= 11 is 0. The molecule has 1 aliphatic heterocycles. The number of piperidine rings is 1. The number of hydrogen-bond acceptors (Lipinski definition) is 8. The van der Waals surface area contributed by atoms with Gasteiger partial charge in [-0.1, -0.05) is 0 Å². The zero-order valence-corrected chi connectivity index (χ0v) is 20.5. The predicted octanol–water partition coefficient (Wildman–Crippen LogP) is 2.80. The van der Waals surface area contributed by atoms with E-state index in [0.717, 1.165) is 16.9 Å². The van der Waals surface area contributed by atoms with Crippen LogP contribution in [-0.2, 0) is 11.8 Å². The number of nitrogens with zero attached hydrogens (tertiary/aromatic N) is 8. The van der Waals surface area contributed by atoms with Crippen LogP contribution in [0.15, 0.2) is 29.6 Å². The maximum Gasteiger partial charge on any atom is 0.410 e. The minimum atomic E-state index is -0.544. The third kappa shape index (κ3) is 4.31. The number of nitrogens with one attached hydrogen (secondary N) is 1. The number of likely N-dealkylation sites (tertiary alicyclic amines) is 1. The molecule has 184 valence electrons. The second-order valence-electron chi connectivity index (χ2n) is 9.87. The average Bonchev–Trinajstić information content (AvgIpc) is 3.34. The smallest absolute Gasteiger partial charge is 0.410 e. The molecule has 0 bridgehead atoms. The van der Waals surface area contributed by atoms with Crippen molar-refractivity contribution in [2.24, 2.45) is 7.05 Å². The molecule has 0 radical (unpaired) electrons. The van der Waals surface area contributed by atoms with E-state index in [-0.39, 0.29) is 17.8 Å². The Morgan fingerprint density at radius 3 is 2.66 bits per heavy atom. The lowest BCUT2D eigenvalue weighted by Crippen LogP contribution is -2.43. The van der Waals surface area contributed by atoms with Gasteiger partial charge in [0.2, 0.25) is 5.95 Å². The largest absolute Gasteiger partial charge is 0.444 e. The number of anilines is 2. The zero-order chi connectivity index (χ0) is 24.9. The van der Waals surface area contributed by atoms with Gasteiger partial charge in [-0.25, -0.2) is 24.1 Å². The fourth-order valence-corrected chi connectivity index (χ4v) is 4.37. The second-order valence-corrected chi connectivity index (χ2v) is 9.87. The van der Waals surface area contributed by atoms with Crippen molar-refractivity contribution in [3.8, 4) is 0 Å². The Morgan fingerprint density at radius 1 is 1.20 bits per heavy atom. The number of aryl methyl sites for hydroxylation is 2. The number of carbonyl (C=O) groups excluding carboxylic acids is 1. The number of amides is 1. The summed E-state index contributed by atoms with van der Waals surface area (Å²) in [5.41, 5.74) is 3.02. The first kappa shape index (κ1) is 22.8. The van der Waals surface area contributed by atoms with Gasteiger partial charge < -0.3 is 15.0 Å². The highest BCUT2D eigenvalue weighted by Gasteiger charge is 2.30. The van der Waals surface area contributed by atoms with Gasteiger partial charge in [-0.15, -0.1) is 0 Å². The topological polar surface area (TPSA) is 124 Å². The van der Waals surface area contributed by atoms with Crippen LogP contribution in [0.5, 0.6) is 0 Å². The summed E-state index contributed by atoms with van der Waals surface area (Å²) < 4.78 is 10.5. The molecular weight excluding hydrogens is 450 g/mol. The highest BCUT2D eigenvalue weighted by Crippen LogP contribution is 2.27. The number of fused-ring (bicyclic) bond motifs is 2. The third-order valence-corrected chi connectivity index (χ3v) is 6.18. The van der Waals surface area contributed by atoms with E-state index >= 15 is 0 Å². The Labute approximate surface area is 201 Å². The van der Waals surface area contributed by atoms with Gasteiger partial charge in [-0.3, -0.25) is 9.13 Å². The maximum absolute atomic E-state index is 13.1. The number of pyridine rings is 1. The Kier molecular flexibility index (Phi) is 5.45. The van der Waals surface area contributed by atoms with Crippen molar-refractivity contribution in [2.75, 3.05) is 18.4 Å². The molecule has 1 saturated heterocycles. The highest BCUT2D eigenvalue weighted by atomic mass is 16.6. The summed E-state index contributed by atoms with van der Waals surface area (Å²) in [5.74, 6) is 0.380. The van der Waals surface area contributed by atoms with Crippen molar-refractivity contribution in [1.82, 2.24) is 38.6 Å². The van der Waals surface area contributed by atoms with E-state index in [1.165, 1.54) is 6.33 Å². The molecule has 0 atom stereocenters. The van der Waals surface area contributed by atoms with Crippen molar-refractivity contribution >= 4 is 34.5 Å². The Balaban J connectivity index is 1.42. The van der Waals surface area contributed by atoms with Crippen LogP contribution in [0.25, 0.3) is 16.8 Å². The first-order valence-corrected chi connectivity index (χ1v) is 11.6. The molecule has 4 aromatic heterocycles. The van der Waals surface area contributed by atoms with Crippen LogP contribution in [0.3, 0.4) is 0 Å². The SMILES string of the molecule is Cc1cc2ncnn2cc1Nc1ncc2c(n1)n(C1CCN(C(=O)OC(C)(C)C)CC1)c(=O)n2C. The molecule has 0 spiro atoms. The van der Waals surface area contributed by atoms with Crippen LogP contribution < -0.4 is 11.0 Å². The van der Waals surface area contributed by atoms with Crippen molar-refractivity contribution in [1.29, 1.82) is 0 Å². The number of aromatic nitrogens is 7. The first-order chi connectivity index (χ1) is 16.6. The quantitative estimate of drug-likeness (QED) is 0.476. The fraction of sp³-hybridized carbons (Fsp3) is 0.478. The van der Waals surface area contributed by atoms with E-state index in [1.807, 2.05) is 40.0 Å². The molecule has 1 aliphatic rings. The van der Waals surface area contributed by atoms with Gasteiger partial charge in [0, 0.05) is 26.2 Å². The predicted molar refractivity (Wildman–Crippen MR) is 130 cm³/mol. The molecule has 5 heterocycles. The van der Waals surface area contributed by atoms with Gasteiger partial charge in [0.1, 0.15) is 17.4 Å². The maximum atomic E-state index is 13.1. The monoisotopic (exact) mass is 479 g/mol. The molecule has 5 rings (SSSR count). The minimum absolute atomic E-state index is 0.0825. The molecule has 12 nitrogen and oxygen atoms in total. The molecule has 12 heteroatoms. The van der Waals surface area contributed by atoms with E-state index in [4.69, 9.17) is 9.72 Å². The van der Waals surface area contributed by atoms with Crippen molar-refractivity contribution in [3.05, 3.63) is 40.8 Å². The molecule has 35 heavy (non-hydrogen) atoms. The molecule has 1 amide bonds. The van der Waals surface area contributed by atoms with Gasteiger partial charge in [-0.2, -0.15) is 10.1 Å². The molecule has 0 aromatic carbocycles. The summed E-state index contributed by atoms with van der Waals surface area (Å²) in [4.78, 5) is 40.6. The Morgan fingerprint density at radius 2 is 1.94 bits per heavy atom. The number of rotatable bonds is 3. The molecule has 0 aliphatic carbocycles. The van der Waals surface area contributed by atoms with Crippen LogP contribution in [0.2, 0.25) is 0 Å². The number of hydrogen-bond donors (Lipinski definition) is 1. The molecule has 1 N–H and O–H groups in total. The highest BCUT2D eigenvalue weighted by molar-refractivity contribution is 5.73. The van der Waals surface area contributed by atoms with Crippen LogP contribution in [0.1, 0.15) is 45.2 Å². The molecule has 0 saturated carbocycles. The van der Waals surface area contributed by atoms with E-state index in [1.54, 1.807) is 31.8 Å². The third-order valence-electron chi connectivity index (χ3n) is 6.18. The summed E-state index contributed by atoms with van der Waals surface area (Å²) in [6, 6.07) is 1.84. The molecule has 0 unspecified atom stereocenters. The standard InChI is InChI=1S/C23H29N9O3/c1-14-10-18-25-13-26-31(18)12-16(14)27-20-24-11-17-19(28-20)32(21(33)29(17)5)15-6-8-30(9-7-15)22(34)35-23(2,3)4/h10-13,15H,6-9H2,1-5H3,(H,24,27,28). The van der Waals surface area contributed by atoms with E-state index in [0.29, 0.717) is 43.0 Å². The zero-order valence-electron chi connectivity index (χ0n) is 20.5. The average molecular weight is 480 g/mol. The summed E-state index contributed by atoms with van der Waals surface area (Å²) in [7, 11) is 1.72. The summed E-state index contributed by atoms with van der Waals surface area (Å²) in [5, 5.41) is 7.42. The Hall–Kier alpha value is -3.96. The lowest BCUT2D eigenvalue weighted by molar-refractivity contribution is 0.0188. The Bertz CT molecular complexity index is 1470. The molecule has 1 fully saturated rings. The molecular formula is C23H29N9O3. The van der Waals surface area contributed by atoms with Gasteiger partial charge in [0.05, 0.1) is 18.1 Å². The van der Waals surface area contributed by atoms with Gasteiger partial charge >= 0.3 is 11.8 Å². The minimum Gasteiger partial charge on any atom is -0.444 e. The van der Waals surface area contributed by atoms with Crippen molar-refractivity contribution in [3.63, 3.8) is 0 Å². The van der Waals surface area contributed by atoms with Crippen molar-refractivity contribution < 1.29 is 9.53 Å². The van der Waals surface area contributed by atoms with E-state index in [9.17, 15) is 9.59 Å². The summed E-state index contributed by atoms with van der Waals surface area (Å²) in [6.45, 7) is 8.54. The molecule has 4 aromatic rings. The number of imidazole rings is 1. The van der Waals surface area contributed by atoms with Crippen LogP contribution in [0, 0.1) is 6.92 Å². The van der Waals surface area contributed by atoms with E-state index in [2.05, 4.69) is 20.4 Å². The number of carbonyl (C=O) groups is 1. The fourth-order valence-electron chi connectivity index (χ4n) is 4.37. The lowest BCUT2D eigenvalue weighted by atomic mass is 10.1. The van der Waals surface area contributed by atoms with Crippen LogP contribution >= 0.6 is 0 Å². The number of ether oxygens (including phenoxy) is 1. The lowest BCUT2D eigenvalue weighted by Gasteiger charge is -2.33. The van der Waals surface area contributed by atoms with E-state index < -0.39 is 5.60 Å². The second kappa shape index (κ2) is 8.36. The van der Waals surface area contributed by atoms with Crippen molar-refractivity contribution in [2.45, 2.75) is 52.2 Å². The summed E-state index contributed by atoms with van der Waals surface area (Å²) in [6.07, 6.45) is 5.92.